The maximum absolute atomic E-state index is 12.1. The highest BCUT2D eigenvalue weighted by Crippen LogP contribution is 2.33. The summed E-state index contributed by atoms with van der Waals surface area (Å²) in [4.78, 5) is 29.2. The summed E-state index contributed by atoms with van der Waals surface area (Å²) >= 11 is 1.71. The standard InChI is InChI=1S/C15H18N4O3S/c1-9(12-10-4-8-23-11(10)3-7-22-12)17-15(21)18-13-14(20)19(2)6-5-16-13/h4-6,8-9,12H,3,7H2,1-2H3,(H2,16,17,18,21)/t9-,12+/m1/s1. The largest absolute Gasteiger partial charge is 0.371 e. The van der Waals surface area contributed by atoms with Crippen LogP contribution in [0.2, 0.25) is 0 Å². The number of amides is 2. The van der Waals surface area contributed by atoms with Crippen molar-refractivity contribution in [3.63, 3.8) is 0 Å². The van der Waals surface area contributed by atoms with Crippen molar-refractivity contribution in [2.24, 2.45) is 7.05 Å². The highest BCUT2D eigenvalue weighted by Gasteiger charge is 2.28. The van der Waals surface area contributed by atoms with Gasteiger partial charge in [-0.05, 0) is 23.9 Å². The first kappa shape index (κ1) is 15.7. The molecule has 122 valence electrons. The summed E-state index contributed by atoms with van der Waals surface area (Å²) in [5, 5.41) is 7.35. The number of ether oxygens (including phenoxy) is 1. The number of nitrogens with one attached hydrogen (secondary N) is 2. The molecule has 3 heterocycles. The van der Waals surface area contributed by atoms with Crippen LogP contribution in [-0.4, -0.2) is 28.2 Å². The van der Waals surface area contributed by atoms with Gasteiger partial charge in [-0.1, -0.05) is 0 Å². The first-order chi connectivity index (χ1) is 11.1. The van der Waals surface area contributed by atoms with Gasteiger partial charge in [0.05, 0.1) is 12.6 Å². The fourth-order valence-electron chi connectivity index (χ4n) is 2.60. The van der Waals surface area contributed by atoms with E-state index in [1.807, 2.05) is 18.4 Å². The lowest BCUT2D eigenvalue weighted by Crippen LogP contribution is -2.42. The van der Waals surface area contributed by atoms with Crippen LogP contribution in [-0.2, 0) is 18.2 Å². The second kappa shape index (κ2) is 6.51. The fraction of sp³-hybridized carbons (Fsp3) is 0.400. The highest BCUT2D eigenvalue weighted by atomic mass is 32.1. The van der Waals surface area contributed by atoms with Gasteiger partial charge in [-0.3, -0.25) is 10.1 Å². The minimum absolute atomic E-state index is 0.000449. The lowest BCUT2D eigenvalue weighted by molar-refractivity contribution is 0.0238. The Bertz CT molecular complexity index is 770. The molecule has 0 radical (unpaired) electrons. The molecule has 0 aromatic carbocycles. The van der Waals surface area contributed by atoms with Crippen LogP contribution in [0.1, 0.15) is 23.5 Å². The molecule has 0 bridgehead atoms. The van der Waals surface area contributed by atoms with E-state index >= 15 is 0 Å². The number of carbonyl (C=O) groups excluding carboxylic acids is 1. The Kier molecular flexibility index (Phi) is 4.44. The van der Waals surface area contributed by atoms with E-state index in [1.165, 1.54) is 21.8 Å². The van der Waals surface area contributed by atoms with Crippen LogP contribution >= 0.6 is 11.3 Å². The van der Waals surface area contributed by atoms with Gasteiger partial charge in [0.15, 0.2) is 0 Å². The zero-order valence-corrected chi connectivity index (χ0v) is 13.7. The van der Waals surface area contributed by atoms with Gasteiger partial charge in [-0.25, -0.2) is 9.78 Å². The maximum atomic E-state index is 12.1. The number of nitrogens with zero attached hydrogens (tertiary/aromatic N) is 2. The Morgan fingerprint density at radius 2 is 2.39 bits per heavy atom. The Balaban J connectivity index is 1.67. The lowest BCUT2D eigenvalue weighted by Gasteiger charge is -2.29. The first-order valence-electron chi connectivity index (χ1n) is 7.33. The van der Waals surface area contributed by atoms with Gasteiger partial charge >= 0.3 is 6.03 Å². The van der Waals surface area contributed by atoms with Gasteiger partial charge in [0, 0.05) is 30.7 Å². The highest BCUT2D eigenvalue weighted by molar-refractivity contribution is 7.10. The first-order valence-corrected chi connectivity index (χ1v) is 8.21. The molecule has 23 heavy (non-hydrogen) atoms. The van der Waals surface area contributed by atoms with Gasteiger partial charge in [0.1, 0.15) is 6.10 Å². The smallest absolute Gasteiger partial charge is 0.320 e. The van der Waals surface area contributed by atoms with Gasteiger partial charge in [0.2, 0.25) is 5.82 Å². The summed E-state index contributed by atoms with van der Waals surface area (Å²) < 4.78 is 7.16. The number of urea groups is 1. The number of hydrogen-bond acceptors (Lipinski definition) is 5. The van der Waals surface area contributed by atoms with E-state index in [0.29, 0.717) is 6.61 Å². The number of anilines is 1. The molecule has 8 heteroatoms. The molecule has 0 saturated carbocycles. The van der Waals surface area contributed by atoms with Gasteiger partial charge in [-0.15, -0.1) is 11.3 Å². The maximum Gasteiger partial charge on any atom is 0.320 e. The zero-order valence-electron chi connectivity index (χ0n) is 12.9. The predicted molar refractivity (Wildman–Crippen MR) is 87.8 cm³/mol. The number of carbonyl (C=O) groups is 1. The van der Waals surface area contributed by atoms with E-state index in [2.05, 4.69) is 15.6 Å². The van der Waals surface area contributed by atoms with Crippen molar-refractivity contribution in [2.45, 2.75) is 25.5 Å². The molecule has 2 aromatic rings. The molecule has 1 aliphatic heterocycles. The van der Waals surface area contributed by atoms with Crippen LogP contribution in [0.25, 0.3) is 0 Å². The molecule has 1 aliphatic rings. The van der Waals surface area contributed by atoms with Gasteiger partial charge in [-0.2, -0.15) is 0 Å². The number of rotatable bonds is 3. The number of aromatic nitrogens is 2. The van der Waals surface area contributed by atoms with E-state index in [9.17, 15) is 9.59 Å². The summed E-state index contributed by atoms with van der Waals surface area (Å²) in [6, 6.07) is 1.34. The lowest BCUT2D eigenvalue weighted by atomic mass is 10.0. The minimum Gasteiger partial charge on any atom is -0.371 e. The van der Waals surface area contributed by atoms with E-state index in [0.717, 1.165) is 12.0 Å². The van der Waals surface area contributed by atoms with E-state index < -0.39 is 6.03 Å². The minimum atomic E-state index is -0.473. The van der Waals surface area contributed by atoms with Crippen LogP contribution in [0.15, 0.2) is 28.6 Å². The van der Waals surface area contributed by atoms with E-state index in [1.54, 1.807) is 18.4 Å². The molecular weight excluding hydrogens is 316 g/mol. The summed E-state index contributed by atoms with van der Waals surface area (Å²) in [6.07, 6.45) is 3.72. The van der Waals surface area contributed by atoms with Crippen LogP contribution in [0.4, 0.5) is 10.6 Å². The normalized spacial score (nSPS) is 18.1. The van der Waals surface area contributed by atoms with Crippen molar-refractivity contribution in [3.05, 3.63) is 44.6 Å². The topological polar surface area (TPSA) is 85.3 Å². The molecule has 0 saturated heterocycles. The second-order valence-corrected chi connectivity index (χ2v) is 6.42. The Labute approximate surface area is 137 Å². The summed E-state index contributed by atoms with van der Waals surface area (Å²) in [6.45, 7) is 2.53. The van der Waals surface area contributed by atoms with Crippen LogP contribution in [0, 0.1) is 0 Å². The third kappa shape index (κ3) is 3.27. The monoisotopic (exact) mass is 334 g/mol. The van der Waals surface area contributed by atoms with Gasteiger partial charge < -0.3 is 14.6 Å². The summed E-state index contributed by atoms with van der Waals surface area (Å²) in [7, 11) is 1.60. The molecule has 0 aliphatic carbocycles. The molecule has 2 N–H and O–H groups in total. The van der Waals surface area contributed by atoms with Crippen molar-refractivity contribution >= 4 is 23.2 Å². The van der Waals surface area contributed by atoms with Gasteiger partial charge in [0.25, 0.3) is 5.56 Å². The van der Waals surface area contributed by atoms with Crippen molar-refractivity contribution < 1.29 is 9.53 Å². The van der Waals surface area contributed by atoms with Crippen molar-refractivity contribution in [1.82, 2.24) is 14.9 Å². The Morgan fingerprint density at radius 3 is 3.22 bits per heavy atom. The predicted octanol–water partition coefficient (Wildman–Crippen LogP) is 1.67. The third-order valence-electron chi connectivity index (χ3n) is 3.77. The SMILES string of the molecule is C[C@@H](NC(=O)Nc1nccn(C)c1=O)[C@@H]1OCCc2sccc21. The average Bonchev–Trinajstić information content (AvgIpc) is 3.00. The number of thiophene rings is 1. The quantitative estimate of drug-likeness (QED) is 0.894. The fourth-order valence-corrected chi connectivity index (χ4v) is 3.50. The zero-order chi connectivity index (χ0) is 16.4. The molecule has 7 nitrogen and oxygen atoms in total. The van der Waals surface area contributed by atoms with Crippen molar-refractivity contribution in [2.75, 3.05) is 11.9 Å². The van der Waals surface area contributed by atoms with Crippen LogP contribution < -0.4 is 16.2 Å². The molecule has 2 atom stereocenters. The molecular formula is C15H18N4O3S. The molecule has 0 fully saturated rings. The van der Waals surface area contributed by atoms with Crippen molar-refractivity contribution in [1.29, 1.82) is 0 Å². The number of aryl methyl sites for hydroxylation is 1. The number of hydrogen-bond donors (Lipinski definition) is 2. The molecule has 3 rings (SSSR count). The molecule has 2 aromatic heterocycles. The van der Waals surface area contributed by atoms with E-state index in [4.69, 9.17) is 4.74 Å². The Morgan fingerprint density at radius 1 is 1.57 bits per heavy atom. The molecule has 0 unspecified atom stereocenters. The third-order valence-corrected chi connectivity index (χ3v) is 4.77. The number of fused-ring (bicyclic) bond motifs is 1. The average molecular weight is 334 g/mol. The summed E-state index contributed by atoms with van der Waals surface area (Å²) in [5.41, 5.74) is 0.771. The second-order valence-electron chi connectivity index (χ2n) is 5.42. The van der Waals surface area contributed by atoms with E-state index in [-0.39, 0.29) is 23.5 Å². The summed E-state index contributed by atoms with van der Waals surface area (Å²) in [5.74, 6) is 0.000449. The Hall–Kier alpha value is -2.19. The molecule has 0 spiro atoms. The molecule has 2 amide bonds. The van der Waals surface area contributed by atoms with Crippen LogP contribution in [0.5, 0.6) is 0 Å². The van der Waals surface area contributed by atoms with Crippen molar-refractivity contribution in [3.8, 4) is 0 Å². The van der Waals surface area contributed by atoms with Crippen LogP contribution in [0.3, 0.4) is 0 Å².